The van der Waals surface area contributed by atoms with E-state index in [2.05, 4.69) is 5.32 Å². The standard InChI is InChI=1S/C14H20N2O5/c17-8-6-16(7-9-18)14(21)15-12(10-13(19)20)11-4-2-1-3-5-11/h1-5,12,17-18H,6-10H2,(H,15,21)(H,19,20). The zero-order valence-electron chi connectivity index (χ0n) is 11.6. The summed E-state index contributed by atoms with van der Waals surface area (Å²) in [4.78, 5) is 24.3. The van der Waals surface area contributed by atoms with E-state index in [1.165, 1.54) is 4.90 Å². The van der Waals surface area contributed by atoms with E-state index in [9.17, 15) is 9.59 Å². The average Bonchev–Trinajstić information content (AvgIpc) is 2.46. The zero-order valence-corrected chi connectivity index (χ0v) is 11.6. The molecule has 1 aromatic rings. The fraction of sp³-hybridized carbons (Fsp3) is 0.429. The highest BCUT2D eigenvalue weighted by molar-refractivity contribution is 5.76. The smallest absolute Gasteiger partial charge is 0.318 e. The molecule has 116 valence electrons. The van der Waals surface area contributed by atoms with Gasteiger partial charge in [-0.2, -0.15) is 0 Å². The van der Waals surface area contributed by atoms with Crippen molar-refractivity contribution in [1.29, 1.82) is 0 Å². The molecule has 4 N–H and O–H groups in total. The third-order valence-electron chi connectivity index (χ3n) is 2.91. The SMILES string of the molecule is O=C(O)CC(NC(=O)N(CCO)CCO)c1ccccc1. The molecular formula is C14H20N2O5. The number of hydrogen-bond acceptors (Lipinski definition) is 4. The van der Waals surface area contributed by atoms with Crippen molar-refractivity contribution in [2.45, 2.75) is 12.5 Å². The van der Waals surface area contributed by atoms with Gasteiger partial charge in [-0.15, -0.1) is 0 Å². The highest BCUT2D eigenvalue weighted by atomic mass is 16.4. The van der Waals surface area contributed by atoms with Crippen molar-refractivity contribution >= 4 is 12.0 Å². The molecule has 0 aliphatic carbocycles. The van der Waals surface area contributed by atoms with Gasteiger partial charge in [0.1, 0.15) is 0 Å². The van der Waals surface area contributed by atoms with Gasteiger partial charge >= 0.3 is 12.0 Å². The maximum absolute atomic E-state index is 12.1. The van der Waals surface area contributed by atoms with Crippen LogP contribution in [0.25, 0.3) is 0 Å². The monoisotopic (exact) mass is 296 g/mol. The summed E-state index contributed by atoms with van der Waals surface area (Å²) in [5.74, 6) is -1.03. The zero-order chi connectivity index (χ0) is 15.7. The Morgan fingerprint density at radius 3 is 2.14 bits per heavy atom. The largest absolute Gasteiger partial charge is 0.481 e. The second-order valence-electron chi connectivity index (χ2n) is 4.44. The molecule has 0 aromatic heterocycles. The number of aliphatic carboxylic acids is 1. The Kier molecular flexibility index (Phi) is 7.20. The number of aliphatic hydroxyl groups excluding tert-OH is 2. The van der Waals surface area contributed by atoms with Crippen LogP contribution in [0.4, 0.5) is 4.79 Å². The number of rotatable bonds is 8. The van der Waals surface area contributed by atoms with Gasteiger partial charge in [-0.3, -0.25) is 4.79 Å². The van der Waals surface area contributed by atoms with Crippen molar-refractivity contribution in [3.63, 3.8) is 0 Å². The normalized spacial score (nSPS) is 11.7. The predicted molar refractivity (Wildman–Crippen MR) is 75.7 cm³/mol. The Balaban J connectivity index is 2.80. The van der Waals surface area contributed by atoms with E-state index >= 15 is 0 Å². The van der Waals surface area contributed by atoms with Gasteiger partial charge < -0.3 is 25.5 Å². The van der Waals surface area contributed by atoms with Gasteiger partial charge in [0.05, 0.1) is 25.7 Å². The molecule has 0 heterocycles. The van der Waals surface area contributed by atoms with E-state index in [1.807, 2.05) is 0 Å². The molecule has 2 amide bonds. The van der Waals surface area contributed by atoms with Crippen LogP contribution in [0.1, 0.15) is 18.0 Å². The second kappa shape index (κ2) is 8.93. The summed E-state index contributed by atoms with van der Waals surface area (Å²) >= 11 is 0. The van der Waals surface area contributed by atoms with Gasteiger partial charge in [-0.05, 0) is 5.56 Å². The van der Waals surface area contributed by atoms with Crippen molar-refractivity contribution < 1.29 is 24.9 Å². The molecule has 0 saturated heterocycles. The first-order valence-corrected chi connectivity index (χ1v) is 6.62. The van der Waals surface area contributed by atoms with E-state index < -0.39 is 18.0 Å². The van der Waals surface area contributed by atoms with Gasteiger partial charge in [0, 0.05) is 13.1 Å². The number of hydrogen-bond donors (Lipinski definition) is 4. The molecule has 0 saturated carbocycles. The Bertz CT molecular complexity index is 446. The van der Waals surface area contributed by atoms with Crippen LogP contribution >= 0.6 is 0 Å². The van der Waals surface area contributed by atoms with Gasteiger partial charge in [0.25, 0.3) is 0 Å². The van der Waals surface area contributed by atoms with Crippen molar-refractivity contribution in [1.82, 2.24) is 10.2 Å². The van der Waals surface area contributed by atoms with Gasteiger partial charge in [-0.1, -0.05) is 30.3 Å². The van der Waals surface area contributed by atoms with E-state index in [0.717, 1.165) is 0 Å². The van der Waals surface area contributed by atoms with Crippen LogP contribution < -0.4 is 5.32 Å². The maximum Gasteiger partial charge on any atom is 0.318 e. The number of nitrogens with zero attached hydrogens (tertiary/aromatic N) is 1. The molecule has 0 bridgehead atoms. The average molecular weight is 296 g/mol. The molecule has 1 atom stereocenters. The Morgan fingerprint density at radius 2 is 1.67 bits per heavy atom. The van der Waals surface area contributed by atoms with Crippen LogP contribution in [0.5, 0.6) is 0 Å². The number of urea groups is 1. The number of carbonyl (C=O) groups is 2. The Hall–Kier alpha value is -2.12. The van der Waals surface area contributed by atoms with E-state index in [-0.39, 0.29) is 32.7 Å². The minimum Gasteiger partial charge on any atom is -0.481 e. The first-order valence-electron chi connectivity index (χ1n) is 6.62. The first kappa shape index (κ1) is 16.9. The third kappa shape index (κ3) is 5.80. The lowest BCUT2D eigenvalue weighted by Gasteiger charge is -2.25. The number of carbonyl (C=O) groups excluding carboxylic acids is 1. The molecule has 0 aliphatic heterocycles. The summed E-state index contributed by atoms with van der Waals surface area (Å²) in [5.41, 5.74) is 0.682. The lowest BCUT2D eigenvalue weighted by Crippen LogP contribution is -2.44. The summed E-state index contributed by atoms with van der Waals surface area (Å²) in [6, 6.07) is 7.59. The molecule has 1 rings (SSSR count). The quantitative estimate of drug-likeness (QED) is 0.548. The predicted octanol–water partition coefficient (Wildman–Crippen LogP) is 0.199. The van der Waals surface area contributed by atoms with Crippen molar-refractivity contribution in [2.75, 3.05) is 26.3 Å². The van der Waals surface area contributed by atoms with Crippen molar-refractivity contribution in [3.05, 3.63) is 35.9 Å². The fourth-order valence-corrected chi connectivity index (χ4v) is 1.91. The topological polar surface area (TPSA) is 110 Å². The first-order chi connectivity index (χ1) is 10.1. The van der Waals surface area contributed by atoms with E-state index in [4.69, 9.17) is 15.3 Å². The maximum atomic E-state index is 12.1. The van der Waals surface area contributed by atoms with Crippen LogP contribution in [0, 0.1) is 0 Å². The summed E-state index contributed by atoms with van der Waals surface area (Å²) < 4.78 is 0. The van der Waals surface area contributed by atoms with E-state index in [0.29, 0.717) is 5.56 Å². The number of nitrogens with one attached hydrogen (secondary N) is 1. The number of carboxylic acids is 1. The highest BCUT2D eigenvalue weighted by Crippen LogP contribution is 2.16. The van der Waals surface area contributed by atoms with Gasteiger partial charge in [0.2, 0.25) is 0 Å². The molecule has 0 fully saturated rings. The molecule has 7 heteroatoms. The Labute approximate surface area is 122 Å². The lowest BCUT2D eigenvalue weighted by atomic mass is 10.0. The molecular weight excluding hydrogens is 276 g/mol. The molecule has 0 radical (unpaired) electrons. The van der Waals surface area contributed by atoms with Crippen molar-refractivity contribution in [3.8, 4) is 0 Å². The van der Waals surface area contributed by atoms with Crippen molar-refractivity contribution in [2.24, 2.45) is 0 Å². The summed E-state index contributed by atoms with van der Waals surface area (Å²) in [6.45, 7) is -0.327. The summed E-state index contributed by atoms with van der Waals surface area (Å²) in [7, 11) is 0. The fourth-order valence-electron chi connectivity index (χ4n) is 1.91. The summed E-state index contributed by atoms with van der Waals surface area (Å²) in [5, 5.41) is 29.4. The minimum absolute atomic E-state index is 0.0704. The lowest BCUT2D eigenvalue weighted by molar-refractivity contribution is -0.137. The molecule has 0 aliphatic rings. The summed E-state index contributed by atoms with van der Waals surface area (Å²) in [6.07, 6.45) is -0.248. The second-order valence-corrected chi connectivity index (χ2v) is 4.44. The van der Waals surface area contributed by atoms with Gasteiger partial charge in [0.15, 0.2) is 0 Å². The molecule has 0 spiro atoms. The van der Waals surface area contributed by atoms with Crippen LogP contribution in [0.2, 0.25) is 0 Å². The Morgan fingerprint density at radius 1 is 1.10 bits per heavy atom. The van der Waals surface area contributed by atoms with Crippen LogP contribution in [0.3, 0.4) is 0 Å². The molecule has 7 nitrogen and oxygen atoms in total. The number of benzene rings is 1. The third-order valence-corrected chi connectivity index (χ3v) is 2.91. The van der Waals surface area contributed by atoms with Gasteiger partial charge in [-0.25, -0.2) is 4.79 Å². The number of aliphatic hydroxyl groups is 2. The van der Waals surface area contributed by atoms with E-state index in [1.54, 1.807) is 30.3 Å². The number of amides is 2. The number of carboxylic acid groups (broad SMARTS) is 1. The molecule has 1 unspecified atom stereocenters. The van der Waals surface area contributed by atoms with Crippen LogP contribution in [0.15, 0.2) is 30.3 Å². The minimum atomic E-state index is -1.03. The molecule has 1 aromatic carbocycles. The molecule has 21 heavy (non-hydrogen) atoms. The van der Waals surface area contributed by atoms with Crippen LogP contribution in [-0.2, 0) is 4.79 Å². The van der Waals surface area contributed by atoms with Crippen LogP contribution in [-0.4, -0.2) is 58.5 Å². The highest BCUT2D eigenvalue weighted by Gasteiger charge is 2.21.